The van der Waals surface area contributed by atoms with Gasteiger partial charge in [0, 0.05) is 42.1 Å². The second-order valence-corrected chi connectivity index (χ2v) is 25.8. The number of carbonyl (C=O) groups is 8. The van der Waals surface area contributed by atoms with Gasteiger partial charge in [-0.1, -0.05) is 126 Å². The van der Waals surface area contributed by atoms with Crippen molar-refractivity contribution in [2.75, 3.05) is 13.1 Å². The van der Waals surface area contributed by atoms with Crippen molar-refractivity contribution in [2.24, 2.45) is 17.6 Å². The van der Waals surface area contributed by atoms with Crippen molar-refractivity contribution < 1.29 is 74.1 Å². The molecule has 0 aromatic heterocycles. The van der Waals surface area contributed by atoms with Gasteiger partial charge in [0.15, 0.2) is 0 Å². The Kier molecular flexibility index (Phi) is 27.2. The summed E-state index contributed by atoms with van der Waals surface area (Å²) in [6.07, 6.45) is -4.28. The molecule has 0 bridgehead atoms. The zero-order valence-electron chi connectivity index (χ0n) is 49.8. The SMILES string of the molecule is CC[C@H](C)C[C@H](C)CCCCCCCCC(=O)N[C@H]1C[C@@H](O)[C@@H](Sc2ccccc2)NC(=O)[C@@H]2[C@@H](O)CCN2C(=O)[C@H]([C@H](O)CC(N)=O)NC(=O)[C@H]([C@H](O)C(Sc2ccccc2)c2ccc(O)cc2)NC(=O)[C@@H]2C[C@@H](O)CN2C(=O)[C@H]([C@@H](C)O)NC1=O. The first-order valence-corrected chi connectivity index (χ1v) is 31.9. The number of phenolic OH excluding ortho intramolecular Hbond substituents is 1. The molecule has 3 saturated heterocycles. The van der Waals surface area contributed by atoms with Gasteiger partial charge in [0.25, 0.3) is 0 Å². The van der Waals surface area contributed by atoms with Crippen LogP contribution in [-0.2, 0) is 38.4 Å². The number of hydrogen-bond donors (Lipinski definition) is 13. The van der Waals surface area contributed by atoms with Gasteiger partial charge in [-0.25, -0.2) is 0 Å². The summed E-state index contributed by atoms with van der Waals surface area (Å²) in [7, 11) is 0. The predicted octanol–water partition coefficient (Wildman–Crippen LogP) is 2.26. The fourth-order valence-electron chi connectivity index (χ4n) is 11.3. The van der Waals surface area contributed by atoms with Crippen molar-refractivity contribution in [3.05, 3.63) is 90.5 Å². The number of unbranched alkanes of at least 4 members (excludes halogenated alkanes) is 5. The number of phenols is 1. The van der Waals surface area contributed by atoms with Gasteiger partial charge in [-0.2, -0.15) is 0 Å². The van der Waals surface area contributed by atoms with E-state index in [1.807, 2.05) is 0 Å². The normalized spacial score (nSPS) is 26.6. The number of aromatic hydroxyl groups is 1. The predicted molar refractivity (Wildman–Crippen MR) is 326 cm³/mol. The average Bonchev–Trinajstić information content (AvgIpc) is 2.14. The number of aliphatic hydroxyl groups excluding tert-OH is 6. The topological polar surface area (TPSA) is 371 Å². The van der Waals surface area contributed by atoms with Gasteiger partial charge >= 0.3 is 0 Å². The minimum Gasteiger partial charge on any atom is -0.508 e. The van der Waals surface area contributed by atoms with Crippen LogP contribution in [0.25, 0.3) is 0 Å². The molecule has 6 rings (SSSR count). The number of nitrogens with two attached hydrogens (primary N) is 1. The van der Waals surface area contributed by atoms with Crippen molar-refractivity contribution >= 4 is 70.8 Å². The number of aliphatic hydroxyl groups is 6. The summed E-state index contributed by atoms with van der Waals surface area (Å²) in [5, 5.41) is 90.9. The second kappa shape index (κ2) is 33.9. The van der Waals surface area contributed by atoms with E-state index in [0.29, 0.717) is 40.0 Å². The Labute approximate surface area is 516 Å². The number of rotatable bonds is 24. The monoisotopic (exact) mass is 1250 g/mol. The van der Waals surface area contributed by atoms with E-state index in [2.05, 4.69) is 47.4 Å². The Morgan fingerprint density at radius 2 is 1.28 bits per heavy atom. The fraction of sp³-hybridized carbons (Fsp3) is 0.581. The highest BCUT2D eigenvalue weighted by atomic mass is 32.2. The third-order valence-electron chi connectivity index (χ3n) is 16.3. The van der Waals surface area contributed by atoms with Crippen molar-refractivity contribution in [3.8, 4) is 5.75 Å². The Morgan fingerprint density at radius 1 is 0.678 bits per heavy atom. The van der Waals surface area contributed by atoms with Crippen LogP contribution in [-0.4, -0.2) is 184 Å². The number of nitrogens with one attached hydrogen (secondary N) is 5. The number of thioether (sulfide) groups is 2. The zero-order valence-corrected chi connectivity index (χ0v) is 51.5. The van der Waals surface area contributed by atoms with Crippen LogP contribution in [0.4, 0.5) is 0 Å². The lowest BCUT2D eigenvalue weighted by molar-refractivity contribution is -0.147. The van der Waals surface area contributed by atoms with Gasteiger partial charge < -0.3 is 77.9 Å². The first-order chi connectivity index (χ1) is 41.4. The van der Waals surface area contributed by atoms with Crippen LogP contribution in [0.1, 0.15) is 128 Å². The lowest BCUT2D eigenvalue weighted by Gasteiger charge is -2.35. The van der Waals surface area contributed by atoms with E-state index in [1.165, 1.54) is 37.6 Å². The Bertz CT molecular complexity index is 2760. The van der Waals surface area contributed by atoms with Crippen molar-refractivity contribution in [1.82, 2.24) is 36.4 Å². The lowest BCUT2D eigenvalue weighted by atomic mass is 9.91. The molecular weight excluding hydrogens is 1160 g/mol. The van der Waals surface area contributed by atoms with Gasteiger partial charge in [-0.15, -0.1) is 11.8 Å². The van der Waals surface area contributed by atoms with Crippen LogP contribution in [0.2, 0.25) is 0 Å². The molecule has 0 aliphatic carbocycles. The maximum absolute atomic E-state index is 15.1. The fourth-order valence-corrected chi connectivity index (χ4v) is 13.6. The largest absolute Gasteiger partial charge is 0.508 e. The van der Waals surface area contributed by atoms with E-state index in [1.54, 1.807) is 60.7 Å². The summed E-state index contributed by atoms with van der Waals surface area (Å²) < 4.78 is 0. The standard InChI is InChI=1S/C62H88N8O15S2/c1-5-35(2)30-36(3)18-12-8-6-7-9-17-23-49(78)64-43-32-47(76)60(87-42-21-15-11-16-22-42)68-59(83)53-45(74)28-29-69(53)62(85)51(46(75)33-48(63)77)66-58(82)52(54(79)55(38-24-26-39(72)27-25-38)86-41-19-13-10-14-20-41)67-57(81)44-31-40(73)34-70(44)61(84)50(37(4)71)65-56(43)80/h10-11,13-16,19-22,24-27,35-37,40,43-47,50-55,60,71-76,79H,5-9,12,17-18,23,28-34H2,1-4H3,(H2,63,77)(H,64,78)(H,65,80)(H,66,82)(H,67,81)(H,68,83)/t35-,36+,37+,40+,43-,44-,45-,46+,47+,50-,51-,52-,53-,54-,55?,60+/m0/s1. The summed E-state index contributed by atoms with van der Waals surface area (Å²) in [5.74, 6) is -7.48. The molecule has 3 fully saturated rings. The highest BCUT2D eigenvalue weighted by Gasteiger charge is 2.49. The van der Waals surface area contributed by atoms with Crippen molar-refractivity contribution in [1.29, 1.82) is 0 Å². The van der Waals surface area contributed by atoms with Crippen molar-refractivity contribution in [3.63, 3.8) is 0 Å². The zero-order chi connectivity index (χ0) is 63.5. The van der Waals surface area contributed by atoms with E-state index in [0.717, 1.165) is 71.8 Å². The number of primary amides is 1. The maximum Gasteiger partial charge on any atom is 0.248 e. The molecule has 8 amide bonds. The number of amides is 8. The quantitative estimate of drug-likeness (QED) is 0.0452. The summed E-state index contributed by atoms with van der Waals surface area (Å²) in [6, 6.07) is 11.2. The van der Waals surface area contributed by atoms with E-state index in [-0.39, 0.29) is 25.1 Å². The van der Waals surface area contributed by atoms with Crippen LogP contribution in [0, 0.1) is 11.8 Å². The molecule has 0 saturated carbocycles. The molecule has 23 nitrogen and oxygen atoms in total. The molecule has 3 aromatic rings. The Hall–Kier alpha value is -6.32. The maximum atomic E-state index is 15.1. The summed E-state index contributed by atoms with van der Waals surface area (Å²) >= 11 is 1.95. The van der Waals surface area contributed by atoms with Crippen LogP contribution >= 0.6 is 23.5 Å². The van der Waals surface area contributed by atoms with Gasteiger partial charge in [-0.05, 0) is 80.0 Å². The molecule has 3 aromatic carbocycles. The molecular formula is C62H88N8O15S2. The minimum absolute atomic E-state index is 0.0296. The average molecular weight is 1250 g/mol. The Morgan fingerprint density at radius 3 is 1.91 bits per heavy atom. The molecule has 3 heterocycles. The third-order valence-corrected chi connectivity index (χ3v) is 18.8. The molecule has 0 radical (unpaired) electrons. The van der Waals surface area contributed by atoms with E-state index < -0.39 is 157 Å². The van der Waals surface area contributed by atoms with Gasteiger partial charge in [-0.3, -0.25) is 38.4 Å². The molecule has 1 unspecified atom stereocenters. The minimum atomic E-state index is -2.18. The van der Waals surface area contributed by atoms with Crippen LogP contribution in [0.15, 0.2) is 94.7 Å². The number of nitrogens with zero attached hydrogens (tertiary/aromatic N) is 2. The van der Waals surface area contributed by atoms with Gasteiger partial charge in [0.05, 0.1) is 48.3 Å². The number of benzene rings is 3. The molecule has 16 atom stereocenters. The number of carbonyl (C=O) groups excluding carboxylic acids is 8. The molecule has 3 aliphatic heterocycles. The highest BCUT2D eigenvalue weighted by molar-refractivity contribution is 8.00. The van der Waals surface area contributed by atoms with E-state index in [4.69, 9.17) is 5.73 Å². The highest BCUT2D eigenvalue weighted by Crippen LogP contribution is 2.40. The van der Waals surface area contributed by atoms with Gasteiger partial charge in [0.2, 0.25) is 47.3 Å². The lowest BCUT2D eigenvalue weighted by Crippen LogP contribution is -2.64. The molecule has 14 N–H and O–H groups in total. The summed E-state index contributed by atoms with van der Waals surface area (Å²) in [4.78, 5) is 118. The second-order valence-electron chi connectivity index (χ2n) is 23.4. The smallest absolute Gasteiger partial charge is 0.248 e. The first-order valence-electron chi connectivity index (χ1n) is 30.2. The number of hydrogen-bond acceptors (Lipinski definition) is 17. The molecule has 87 heavy (non-hydrogen) atoms. The Balaban J connectivity index is 1.39. The third kappa shape index (κ3) is 20.4. The molecule has 478 valence electrons. The van der Waals surface area contributed by atoms with Crippen LogP contribution in [0.3, 0.4) is 0 Å². The van der Waals surface area contributed by atoms with Crippen molar-refractivity contribution in [2.45, 2.75) is 211 Å². The van der Waals surface area contributed by atoms with Crippen LogP contribution < -0.4 is 32.3 Å². The number of fused-ring (bicyclic) bond motifs is 2. The summed E-state index contributed by atoms with van der Waals surface area (Å²) in [6.45, 7) is 7.02. The molecule has 3 aliphatic rings. The van der Waals surface area contributed by atoms with Gasteiger partial charge in [0.1, 0.15) is 47.4 Å². The molecule has 0 spiro atoms. The molecule has 25 heteroatoms. The van der Waals surface area contributed by atoms with E-state index in [9.17, 15) is 64.5 Å². The summed E-state index contributed by atoms with van der Waals surface area (Å²) in [5.41, 5.74) is 5.83. The first kappa shape index (κ1) is 69.8. The van der Waals surface area contributed by atoms with Crippen LogP contribution in [0.5, 0.6) is 5.75 Å². The van der Waals surface area contributed by atoms with E-state index >= 15 is 9.59 Å².